The maximum absolute atomic E-state index is 12.6. The fraction of sp³-hybridized carbons (Fsp3) is 0.281. The number of nitrogens with one attached hydrogen (secondary N) is 1. The fourth-order valence-electron chi connectivity index (χ4n) is 4.52. The summed E-state index contributed by atoms with van der Waals surface area (Å²) in [7, 11) is 2.06. The van der Waals surface area contributed by atoms with E-state index in [4.69, 9.17) is 14.7 Å². The third-order valence-corrected chi connectivity index (χ3v) is 7.74. The molecule has 1 saturated heterocycles. The zero-order valence-corrected chi connectivity index (χ0v) is 23.6. The van der Waals surface area contributed by atoms with Crippen LogP contribution in [0.3, 0.4) is 0 Å². The number of carbonyl (C=O) groups is 1. The van der Waals surface area contributed by atoms with Crippen molar-refractivity contribution in [3.8, 4) is 11.3 Å². The Balaban J connectivity index is 1.22. The summed E-state index contributed by atoms with van der Waals surface area (Å²) in [6, 6.07) is 30.4. The molecular formula is C32H35N5O2S. The van der Waals surface area contributed by atoms with Gasteiger partial charge in [-0.05, 0) is 23.3 Å². The summed E-state index contributed by atoms with van der Waals surface area (Å²) in [6.45, 7) is 5.60. The van der Waals surface area contributed by atoms with Gasteiger partial charge in [-0.25, -0.2) is 9.97 Å². The second-order valence-corrected chi connectivity index (χ2v) is 10.7. The van der Waals surface area contributed by atoms with Gasteiger partial charge < -0.3 is 15.0 Å². The third-order valence-electron chi connectivity index (χ3n) is 6.82. The average Bonchev–Trinajstić information content (AvgIpc) is 3.01. The molecule has 8 heteroatoms. The van der Waals surface area contributed by atoms with Crippen LogP contribution in [0.25, 0.3) is 11.3 Å². The highest BCUT2D eigenvalue weighted by Crippen LogP contribution is 2.27. The van der Waals surface area contributed by atoms with Crippen LogP contribution in [0.2, 0.25) is 0 Å². The molecule has 1 aliphatic heterocycles. The molecule has 0 bridgehead atoms. The Morgan fingerprint density at radius 2 is 1.62 bits per heavy atom. The number of thioether (sulfide) groups is 1. The number of hydrogen-bond acceptors (Lipinski definition) is 7. The van der Waals surface area contributed by atoms with E-state index in [1.165, 1.54) is 5.56 Å². The molecule has 1 aromatic heterocycles. The number of hydrogen-bond donors (Lipinski definition) is 1. The Kier molecular flexibility index (Phi) is 9.79. The number of aromatic nitrogens is 2. The van der Waals surface area contributed by atoms with Gasteiger partial charge in [0.25, 0.3) is 5.91 Å². The summed E-state index contributed by atoms with van der Waals surface area (Å²) in [5.74, 6) is 1.54. The molecule has 0 aliphatic carbocycles. The van der Waals surface area contributed by atoms with Gasteiger partial charge in [-0.15, -0.1) is 0 Å². The van der Waals surface area contributed by atoms with Crippen molar-refractivity contribution in [3.63, 3.8) is 0 Å². The fourth-order valence-corrected chi connectivity index (χ4v) is 5.33. The molecular weight excluding hydrogens is 518 g/mol. The summed E-state index contributed by atoms with van der Waals surface area (Å²) < 4.78 is 5.38. The second kappa shape index (κ2) is 14.1. The molecule has 2 heterocycles. The Bertz CT molecular complexity index is 1360. The predicted molar refractivity (Wildman–Crippen MR) is 162 cm³/mol. The first kappa shape index (κ1) is 27.8. The van der Waals surface area contributed by atoms with Crippen LogP contribution in [0.5, 0.6) is 0 Å². The van der Waals surface area contributed by atoms with E-state index in [-0.39, 0.29) is 5.91 Å². The smallest absolute Gasteiger partial charge is 0.251 e. The SMILES string of the molecule is CN(Cc1ccccc1)c1cc(-c2ccccc2)nc(SCc2ccc(C(=O)NCCN3CCOCC3)cc2)n1. The molecule has 0 atom stereocenters. The molecule has 1 aliphatic rings. The van der Waals surface area contributed by atoms with Crippen molar-refractivity contribution >= 4 is 23.5 Å². The van der Waals surface area contributed by atoms with E-state index in [2.05, 4.69) is 64.6 Å². The molecule has 1 amide bonds. The van der Waals surface area contributed by atoms with E-state index in [1.54, 1.807) is 11.8 Å². The van der Waals surface area contributed by atoms with E-state index in [0.29, 0.717) is 17.9 Å². The Morgan fingerprint density at radius 1 is 0.925 bits per heavy atom. The molecule has 0 unspecified atom stereocenters. The summed E-state index contributed by atoms with van der Waals surface area (Å²) in [6.07, 6.45) is 0. The summed E-state index contributed by atoms with van der Waals surface area (Å²) in [4.78, 5) is 26.8. The normalized spacial score (nSPS) is 13.6. The predicted octanol–water partition coefficient (Wildman–Crippen LogP) is 5.13. The van der Waals surface area contributed by atoms with E-state index in [1.807, 2.05) is 48.5 Å². The van der Waals surface area contributed by atoms with Gasteiger partial charge in [-0.2, -0.15) is 0 Å². The zero-order valence-electron chi connectivity index (χ0n) is 22.8. The van der Waals surface area contributed by atoms with Gasteiger partial charge in [0.15, 0.2) is 5.16 Å². The van der Waals surface area contributed by atoms with E-state index >= 15 is 0 Å². The van der Waals surface area contributed by atoms with Crippen LogP contribution >= 0.6 is 11.8 Å². The molecule has 0 saturated carbocycles. The van der Waals surface area contributed by atoms with Gasteiger partial charge in [0.1, 0.15) is 5.82 Å². The summed E-state index contributed by atoms with van der Waals surface area (Å²) in [5, 5.41) is 3.75. The molecule has 1 fully saturated rings. The van der Waals surface area contributed by atoms with Gasteiger partial charge in [0, 0.05) is 62.7 Å². The highest BCUT2D eigenvalue weighted by Gasteiger charge is 2.13. The van der Waals surface area contributed by atoms with Crippen molar-refractivity contribution in [3.05, 3.63) is 108 Å². The number of nitrogens with zero attached hydrogens (tertiary/aromatic N) is 4. The minimum absolute atomic E-state index is 0.0440. The van der Waals surface area contributed by atoms with Crippen molar-refractivity contribution in [1.29, 1.82) is 0 Å². The molecule has 4 aromatic rings. The lowest BCUT2D eigenvalue weighted by molar-refractivity contribution is 0.0383. The first-order valence-corrected chi connectivity index (χ1v) is 14.6. The Morgan fingerprint density at radius 3 is 2.35 bits per heavy atom. The largest absolute Gasteiger partial charge is 0.379 e. The van der Waals surface area contributed by atoms with Gasteiger partial charge in [-0.1, -0.05) is 84.6 Å². The molecule has 5 rings (SSSR count). The van der Waals surface area contributed by atoms with Crippen molar-refractivity contribution < 1.29 is 9.53 Å². The van der Waals surface area contributed by atoms with Crippen molar-refractivity contribution in [2.45, 2.75) is 17.5 Å². The van der Waals surface area contributed by atoms with Crippen LogP contribution in [0, 0.1) is 0 Å². The first-order valence-electron chi connectivity index (χ1n) is 13.6. The number of amides is 1. The van der Waals surface area contributed by atoms with Crippen molar-refractivity contribution in [1.82, 2.24) is 20.2 Å². The van der Waals surface area contributed by atoms with Crippen molar-refractivity contribution in [2.24, 2.45) is 0 Å². The Hall–Kier alpha value is -3.72. The Labute approximate surface area is 240 Å². The third kappa shape index (κ3) is 7.91. The van der Waals surface area contributed by atoms with Gasteiger partial charge in [0.05, 0.1) is 18.9 Å². The number of carbonyl (C=O) groups excluding carboxylic acids is 1. The van der Waals surface area contributed by atoms with Crippen LogP contribution in [0.15, 0.2) is 96.2 Å². The van der Waals surface area contributed by atoms with E-state index in [9.17, 15) is 4.79 Å². The lowest BCUT2D eigenvalue weighted by Gasteiger charge is -2.26. The van der Waals surface area contributed by atoms with Crippen molar-refractivity contribution in [2.75, 3.05) is 51.3 Å². The van der Waals surface area contributed by atoms with E-state index in [0.717, 1.165) is 67.2 Å². The van der Waals surface area contributed by atoms with Gasteiger partial charge in [-0.3, -0.25) is 9.69 Å². The van der Waals surface area contributed by atoms with Gasteiger partial charge in [0.2, 0.25) is 0 Å². The number of benzene rings is 3. The van der Waals surface area contributed by atoms with Gasteiger partial charge >= 0.3 is 0 Å². The minimum atomic E-state index is -0.0440. The lowest BCUT2D eigenvalue weighted by Crippen LogP contribution is -2.41. The number of anilines is 1. The molecule has 40 heavy (non-hydrogen) atoms. The van der Waals surface area contributed by atoms with Crippen LogP contribution in [-0.2, 0) is 17.0 Å². The molecule has 1 N–H and O–H groups in total. The summed E-state index contributed by atoms with van der Waals surface area (Å²) in [5.41, 5.74) is 4.97. The monoisotopic (exact) mass is 553 g/mol. The standard InChI is InChI=1S/C32H35N5O2S/c1-36(23-25-8-4-2-5-9-25)30-22-29(27-10-6-3-7-11-27)34-32(35-30)40-24-26-12-14-28(15-13-26)31(38)33-16-17-37-18-20-39-21-19-37/h2-15,22H,16-21,23-24H2,1H3,(H,33,38). The maximum Gasteiger partial charge on any atom is 0.251 e. The minimum Gasteiger partial charge on any atom is -0.379 e. The molecule has 3 aromatic carbocycles. The topological polar surface area (TPSA) is 70.6 Å². The molecule has 0 spiro atoms. The average molecular weight is 554 g/mol. The van der Waals surface area contributed by atoms with Crippen LogP contribution in [0.4, 0.5) is 5.82 Å². The molecule has 206 valence electrons. The maximum atomic E-state index is 12.6. The first-order chi connectivity index (χ1) is 19.6. The number of morpholine rings is 1. The second-order valence-electron chi connectivity index (χ2n) is 9.80. The van der Waals surface area contributed by atoms with E-state index < -0.39 is 0 Å². The number of ether oxygens (including phenoxy) is 1. The van der Waals surface area contributed by atoms with Crippen LogP contribution in [0.1, 0.15) is 21.5 Å². The molecule has 0 radical (unpaired) electrons. The van der Waals surface area contributed by atoms with Crippen LogP contribution < -0.4 is 10.2 Å². The highest BCUT2D eigenvalue weighted by atomic mass is 32.2. The quantitative estimate of drug-likeness (QED) is 0.204. The summed E-state index contributed by atoms with van der Waals surface area (Å²) >= 11 is 1.60. The lowest BCUT2D eigenvalue weighted by atomic mass is 10.1. The number of rotatable bonds is 11. The zero-order chi connectivity index (χ0) is 27.6. The van der Waals surface area contributed by atoms with Crippen LogP contribution in [-0.4, -0.2) is 67.2 Å². The highest BCUT2D eigenvalue weighted by molar-refractivity contribution is 7.98. The molecule has 7 nitrogen and oxygen atoms in total.